The van der Waals surface area contributed by atoms with Crippen molar-refractivity contribution in [3.63, 3.8) is 0 Å². The number of hydrogen-bond acceptors (Lipinski definition) is 2. The van der Waals surface area contributed by atoms with Gasteiger partial charge in [-0.05, 0) is 55.0 Å². The van der Waals surface area contributed by atoms with Gasteiger partial charge in [-0.15, -0.1) is 0 Å². The molecular weight excluding hydrogens is 234 g/mol. The third-order valence-electron chi connectivity index (χ3n) is 3.56. The lowest BCUT2D eigenvalue weighted by molar-refractivity contribution is 0.272. The van der Waals surface area contributed by atoms with Crippen molar-refractivity contribution in [2.24, 2.45) is 5.41 Å². The molecule has 2 nitrogen and oxygen atoms in total. The molecule has 0 aliphatic carbocycles. The largest absolute Gasteiger partial charge is 0.496 e. The zero-order valence-corrected chi connectivity index (χ0v) is 13.6. The molecule has 0 spiro atoms. The Morgan fingerprint density at radius 3 is 2.26 bits per heavy atom. The van der Waals surface area contributed by atoms with E-state index in [-0.39, 0.29) is 5.41 Å². The normalized spacial score (nSPS) is 13.4. The van der Waals surface area contributed by atoms with Gasteiger partial charge >= 0.3 is 0 Å². The van der Waals surface area contributed by atoms with Crippen LogP contribution in [0.25, 0.3) is 0 Å². The van der Waals surface area contributed by atoms with Gasteiger partial charge in [0, 0.05) is 6.04 Å². The van der Waals surface area contributed by atoms with Crippen LogP contribution in [0, 0.1) is 19.3 Å². The Balaban J connectivity index is 3.19. The van der Waals surface area contributed by atoms with Crippen LogP contribution in [0.15, 0.2) is 12.1 Å². The van der Waals surface area contributed by atoms with E-state index < -0.39 is 0 Å². The van der Waals surface area contributed by atoms with E-state index in [0.29, 0.717) is 6.04 Å². The number of ether oxygens (including phenoxy) is 1. The van der Waals surface area contributed by atoms with E-state index in [1.807, 2.05) is 0 Å². The first kappa shape index (κ1) is 16.0. The molecule has 108 valence electrons. The zero-order chi connectivity index (χ0) is 14.6. The van der Waals surface area contributed by atoms with Crippen molar-refractivity contribution in [1.82, 2.24) is 5.32 Å². The summed E-state index contributed by atoms with van der Waals surface area (Å²) in [5, 5.41) is 3.69. The van der Waals surface area contributed by atoms with Gasteiger partial charge in [0.2, 0.25) is 0 Å². The van der Waals surface area contributed by atoms with E-state index in [4.69, 9.17) is 4.74 Å². The Labute approximate surface area is 118 Å². The molecule has 1 aromatic carbocycles. The maximum atomic E-state index is 5.41. The summed E-state index contributed by atoms with van der Waals surface area (Å²) in [5.41, 5.74) is 4.09. The van der Waals surface area contributed by atoms with E-state index in [2.05, 4.69) is 59.0 Å². The lowest BCUT2D eigenvalue weighted by Crippen LogP contribution is -2.33. The summed E-state index contributed by atoms with van der Waals surface area (Å²) in [6.07, 6.45) is 1.15. The number of nitrogens with one attached hydrogen (secondary N) is 1. The molecule has 0 fully saturated rings. The fourth-order valence-electron chi connectivity index (χ4n) is 2.51. The van der Waals surface area contributed by atoms with Gasteiger partial charge in [-0.25, -0.2) is 0 Å². The van der Waals surface area contributed by atoms with Gasteiger partial charge in [0.15, 0.2) is 0 Å². The van der Waals surface area contributed by atoms with Crippen LogP contribution in [0.4, 0.5) is 0 Å². The molecule has 1 unspecified atom stereocenters. The third-order valence-corrected chi connectivity index (χ3v) is 3.56. The minimum atomic E-state index is 0.195. The zero-order valence-electron chi connectivity index (χ0n) is 13.6. The van der Waals surface area contributed by atoms with E-state index in [1.165, 1.54) is 16.7 Å². The van der Waals surface area contributed by atoms with Crippen LogP contribution in [0.1, 0.15) is 56.8 Å². The Kier molecular flexibility index (Phi) is 5.42. The number of aryl methyl sites for hydroxylation is 2. The average molecular weight is 263 g/mol. The Hall–Kier alpha value is -1.02. The highest BCUT2D eigenvalue weighted by atomic mass is 16.5. The smallest absolute Gasteiger partial charge is 0.122 e. The van der Waals surface area contributed by atoms with Crippen LogP contribution >= 0.6 is 0 Å². The Morgan fingerprint density at radius 2 is 1.79 bits per heavy atom. The van der Waals surface area contributed by atoms with Crippen molar-refractivity contribution in [2.45, 2.75) is 54.0 Å². The second-order valence-corrected chi connectivity index (χ2v) is 6.43. The SMILES string of the molecule is CCCNC(c1cc(C)c(OC)cc1C)C(C)(C)C. The molecular formula is C17H29NO. The molecule has 0 heterocycles. The van der Waals surface area contributed by atoms with Crippen molar-refractivity contribution in [3.05, 3.63) is 28.8 Å². The van der Waals surface area contributed by atoms with Crippen molar-refractivity contribution >= 4 is 0 Å². The highest BCUT2D eigenvalue weighted by molar-refractivity contribution is 5.43. The average Bonchev–Trinajstić information content (AvgIpc) is 2.31. The minimum Gasteiger partial charge on any atom is -0.496 e. The van der Waals surface area contributed by atoms with Crippen molar-refractivity contribution < 1.29 is 4.74 Å². The Morgan fingerprint density at radius 1 is 1.16 bits per heavy atom. The summed E-state index contributed by atoms with van der Waals surface area (Å²) in [6, 6.07) is 4.79. The molecule has 2 heteroatoms. The molecule has 0 bridgehead atoms. The summed E-state index contributed by atoms with van der Waals surface area (Å²) in [5.74, 6) is 0.976. The number of rotatable bonds is 5. The second kappa shape index (κ2) is 6.42. The number of benzene rings is 1. The lowest BCUT2D eigenvalue weighted by atomic mass is 9.80. The molecule has 1 rings (SSSR count). The molecule has 0 aliphatic rings. The van der Waals surface area contributed by atoms with Crippen LogP contribution in [0.3, 0.4) is 0 Å². The predicted octanol–water partition coefficient (Wildman–Crippen LogP) is 4.40. The van der Waals surface area contributed by atoms with Gasteiger partial charge < -0.3 is 10.1 Å². The molecule has 1 atom stereocenters. The molecule has 1 N–H and O–H groups in total. The number of hydrogen-bond donors (Lipinski definition) is 1. The van der Waals surface area contributed by atoms with Gasteiger partial charge in [0.1, 0.15) is 5.75 Å². The first-order chi connectivity index (χ1) is 8.81. The Bertz CT molecular complexity index is 418. The first-order valence-corrected chi connectivity index (χ1v) is 7.19. The molecule has 0 radical (unpaired) electrons. The van der Waals surface area contributed by atoms with Crippen molar-refractivity contribution in [3.8, 4) is 5.75 Å². The third kappa shape index (κ3) is 3.97. The highest BCUT2D eigenvalue weighted by Crippen LogP contribution is 2.36. The lowest BCUT2D eigenvalue weighted by Gasteiger charge is -2.33. The summed E-state index contributed by atoms with van der Waals surface area (Å²) < 4.78 is 5.41. The second-order valence-electron chi connectivity index (χ2n) is 6.43. The minimum absolute atomic E-state index is 0.195. The van der Waals surface area contributed by atoms with Crippen LogP contribution in [0.2, 0.25) is 0 Å². The van der Waals surface area contributed by atoms with Gasteiger partial charge in [-0.1, -0.05) is 33.8 Å². The van der Waals surface area contributed by atoms with Crippen LogP contribution in [-0.2, 0) is 0 Å². The van der Waals surface area contributed by atoms with E-state index in [9.17, 15) is 0 Å². The maximum Gasteiger partial charge on any atom is 0.122 e. The highest BCUT2D eigenvalue weighted by Gasteiger charge is 2.27. The summed E-state index contributed by atoms with van der Waals surface area (Å²) in [7, 11) is 1.73. The summed E-state index contributed by atoms with van der Waals surface area (Å²) in [6.45, 7) is 14.4. The molecule has 0 saturated heterocycles. The first-order valence-electron chi connectivity index (χ1n) is 7.19. The van der Waals surface area contributed by atoms with Gasteiger partial charge in [-0.3, -0.25) is 0 Å². The van der Waals surface area contributed by atoms with Crippen molar-refractivity contribution in [2.75, 3.05) is 13.7 Å². The standard InChI is InChI=1S/C17H29NO/c1-8-9-18-16(17(4,5)6)14-10-13(3)15(19-7)11-12(14)2/h10-11,16,18H,8-9H2,1-7H3. The maximum absolute atomic E-state index is 5.41. The van der Waals surface area contributed by atoms with Crippen LogP contribution < -0.4 is 10.1 Å². The van der Waals surface area contributed by atoms with Gasteiger partial charge in [0.25, 0.3) is 0 Å². The van der Waals surface area contributed by atoms with E-state index in [1.54, 1.807) is 7.11 Å². The van der Waals surface area contributed by atoms with Gasteiger partial charge in [0.05, 0.1) is 7.11 Å². The predicted molar refractivity (Wildman–Crippen MR) is 83.0 cm³/mol. The van der Waals surface area contributed by atoms with E-state index in [0.717, 1.165) is 18.7 Å². The molecule has 19 heavy (non-hydrogen) atoms. The van der Waals surface area contributed by atoms with Crippen molar-refractivity contribution in [1.29, 1.82) is 0 Å². The topological polar surface area (TPSA) is 21.3 Å². The molecule has 0 aliphatic heterocycles. The van der Waals surface area contributed by atoms with Gasteiger partial charge in [-0.2, -0.15) is 0 Å². The molecule has 1 aromatic rings. The number of methoxy groups -OCH3 is 1. The monoisotopic (exact) mass is 263 g/mol. The summed E-state index contributed by atoms with van der Waals surface area (Å²) >= 11 is 0. The van der Waals surface area contributed by atoms with Crippen LogP contribution in [0.5, 0.6) is 5.75 Å². The van der Waals surface area contributed by atoms with Crippen LogP contribution in [-0.4, -0.2) is 13.7 Å². The molecule has 0 amide bonds. The fourth-order valence-corrected chi connectivity index (χ4v) is 2.51. The molecule has 0 saturated carbocycles. The molecule has 0 aromatic heterocycles. The quantitative estimate of drug-likeness (QED) is 0.850. The van der Waals surface area contributed by atoms with E-state index >= 15 is 0 Å². The fraction of sp³-hybridized carbons (Fsp3) is 0.647. The summed E-state index contributed by atoms with van der Waals surface area (Å²) in [4.78, 5) is 0.